The first kappa shape index (κ1) is 17.2. The number of nitrogens with zero attached hydrogens (tertiary/aromatic N) is 1. The van der Waals surface area contributed by atoms with Crippen molar-refractivity contribution in [1.82, 2.24) is 4.90 Å². The second-order valence-corrected chi connectivity index (χ2v) is 6.62. The van der Waals surface area contributed by atoms with Crippen LogP contribution in [0.3, 0.4) is 0 Å². The summed E-state index contributed by atoms with van der Waals surface area (Å²) in [5.41, 5.74) is 8.94. The minimum Gasteiger partial charge on any atom is -0.330 e. The summed E-state index contributed by atoms with van der Waals surface area (Å²) in [7, 11) is 0. The molecule has 0 bridgehead atoms. The number of hydrogen-bond acceptors (Lipinski definition) is 2. The normalized spacial score (nSPS) is 12.1. The standard InChI is InChI=1S/C18H32N2/c1-5-20(13-9-8-12-18(3,4)15-19)14-17-11-7-6-10-16(17)2/h6-7,10-11H,5,8-9,12-15,19H2,1-4H3. The molecule has 0 saturated carbocycles. The fourth-order valence-electron chi connectivity index (χ4n) is 2.42. The lowest BCUT2D eigenvalue weighted by Crippen LogP contribution is -2.26. The predicted octanol–water partition coefficient (Wildman–Crippen LogP) is 3.97. The molecule has 0 spiro atoms. The van der Waals surface area contributed by atoms with E-state index in [-0.39, 0.29) is 0 Å². The first-order valence-corrected chi connectivity index (χ1v) is 7.95. The molecule has 0 aliphatic rings. The number of aryl methyl sites for hydroxylation is 1. The third-order valence-corrected chi connectivity index (χ3v) is 4.23. The monoisotopic (exact) mass is 276 g/mol. The van der Waals surface area contributed by atoms with Crippen molar-refractivity contribution >= 4 is 0 Å². The minimum atomic E-state index is 0.299. The molecule has 0 fully saturated rings. The van der Waals surface area contributed by atoms with Crippen molar-refractivity contribution in [2.75, 3.05) is 19.6 Å². The van der Waals surface area contributed by atoms with E-state index in [0.717, 1.165) is 19.6 Å². The van der Waals surface area contributed by atoms with Crippen molar-refractivity contribution < 1.29 is 0 Å². The highest BCUT2D eigenvalue weighted by atomic mass is 15.1. The van der Waals surface area contributed by atoms with Crippen LogP contribution in [-0.2, 0) is 6.54 Å². The van der Waals surface area contributed by atoms with Crippen molar-refractivity contribution in [2.24, 2.45) is 11.1 Å². The molecule has 0 atom stereocenters. The minimum absolute atomic E-state index is 0.299. The molecule has 2 nitrogen and oxygen atoms in total. The van der Waals surface area contributed by atoms with Crippen LogP contribution in [0.4, 0.5) is 0 Å². The first-order valence-electron chi connectivity index (χ1n) is 7.95. The van der Waals surface area contributed by atoms with Crippen molar-refractivity contribution in [2.45, 2.75) is 53.5 Å². The number of hydrogen-bond donors (Lipinski definition) is 1. The molecule has 0 radical (unpaired) electrons. The summed E-state index contributed by atoms with van der Waals surface area (Å²) in [5, 5.41) is 0. The van der Waals surface area contributed by atoms with Gasteiger partial charge in [-0.15, -0.1) is 0 Å². The zero-order chi connectivity index (χ0) is 15.0. The molecule has 0 aliphatic heterocycles. The Morgan fingerprint density at radius 1 is 1.15 bits per heavy atom. The van der Waals surface area contributed by atoms with Crippen molar-refractivity contribution in [3.05, 3.63) is 35.4 Å². The van der Waals surface area contributed by atoms with Crippen LogP contribution in [0.25, 0.3) is 0 Å². The lowest BCUT2D eigenvalue weighted by molar-refractivity contribution is 0.259. The van der Waals surface area contributed by atoms with E-state index in [1.807, 2.05) is 0 Å². The summed E-state index contributed by atoms with van der Waals surface area (Å²) in [6, 6.07) is 8.70. The fourth-order valence-corrected chi connectivity index (χ4v) is 2.42. The number of rotatable bonds is 9. The lowest BCUT2D eigenvalue weighted by atomic mass is 9.87. The Morgan fingerprint density at radius 3 is 2.45 bits per heavy atom. The second kappa shape index (κ2) is 8.43. The molecular formula is C18H32N2. The first-order chi connectivity index (χ1) is 9.48. The molecule has 0 aromatic heterocycles. The van der Waals surface area contributed by atoms with E-state index in [1.165, 1.54) is 36.9 Å². The van der Waals surface area contributed by atoms with Crippen LogP contribution < -0.4 is 5.73 Å². The average Bonchev–Trinajstić information content (AvgIpc) is 2.44. The highest BCUT2D eigenvalue weighted by Gasteiger charge is 2.14. The summed E-state index contributed by atoms with van der Waals surface area (Å²) < 4.78 is 0. The maximum atomic E-state index is 5.78. The van der Waals surface area contributed by atoms with Crippen molar-refractivity contribution in [3.63, 3.8) is 0 Å². The molecule has 1 rings (SSSR count). The van der Waals surface area contributed by atoms with Crippen molar-refractivity contribution in [1.29, 1.82) is 0 Å². The molecule has 1 aromatic rings. The van der Waals surface area contributed by atoms with Crippen LogP contribution >= 0.6 is 0 Å². The van der Waals surface area contributed by atoms with E-state index >= 15 is 0 Å². The predicted molar refractivity (Wildman–Crippen MR) is 88.8 cm³/mol. The Bertz CT molecular complexity index is 385. The molecule has 2 heteroatoms. The molecule has 114 valence electrons. The molecule has 0 heterocycles. The van der Waals surface area contributed by atoms with Crippen LogP contribution in [-0.4, -0.2) is 24.5 Å². The Labute approximate surface area is 125 Å². The highest BCUT2D eigenvalue weighted by Crippen LogP contribution is 2.21. The summed E-state index contributed by atoms with van der Waals surface area (Å²) >= 11 is 0. The maximum absolute atomic E-state index is 5.78. The van der Waals surface area contributed by atoms with Gasteiger partial charge in [-0.3, -0.25) is 4.90 Å². The zero-order valence-electron chi connectivity index (χ0n) is 13.8. The summed E-state index contributed by atoms with van der Waals surface area (Å²) in [4.78, 5) is 2.54. The van der Waals surface area contributed by atoms with Gasteiger partial charge >= 0.3 is 0 Å². The SMILES string of the molecule is CCN(CCCCC(C)(C)CN)Cc1ccccc1C. The van der Waals surface area contributed by atoms with E-state index < -0.39 is 0 Å². The molecule has 0 aliphatic carbocycles. The molecule has 0 unspecified atom stereocenters. The van der Waals surface area contributed by atoms with Gasteiger partial charge in [0.15, 0.2) is 0 Å². The van der Waals surface area contributed by atoms with E-state index in [4.69, 9.17) is 5.73 Å². The van der Waals surface area contributed by atoms with Crippen molar-refractivity contribution in [3.8, 4) is 0 Å². The van der Waals surface area contributed by atoms with Gasteiger partial charge in [-0.05, 0) is 55.9 Å². The summed E-state index contributed by atoms with van der Waals surface area (Å²) in [6.45, 7) is 13.1. The Kier molecular flexibility index (Phi) is 7.25. The number of nitrogens with two attached hydrogens (primary N) is 1. The third kappa shape index (κ3) is 6.06. The topological polar surface area (TPSA) is 29.3 Å². The van der Waals surface area contributed by atoms with Gasteiger partial charge in [0.25, 0.3) is 0 Å². The quantitative estimate of drug-likeness (QED) is 0.691. The van der Waals surface area contributed by atoms with Crippen LogP contribution in [0, 0.1) is 12.3 Å². The summed E-state index contributed by atoms with van der Waals surface area (Å²) in [5.74, 6) is 0. The molecule has 0 saturated heterocycles. The van der Waals surface area contributed by atoms with Crippen LogP contribution in [0.5, 0.6) is 0 Å². The zero-order valence-corrected chi connectivity index (χ0v) is 13.8. The van der Waals surface area contributed by atoms with Crippen LogP contribution in [0.15, 0.2) is 24.3 Å². The van der Waals surface area contributed by atoms with Gasteiger partial charge in [-0.1, -0.05) is 51.5 Å². The number of unbranched alkanes of at least 4 members (excludes halogenated alkanes) is 1. The van der Waals surface area contributed by atoms with Crippen LogP contribution in [0.2, 0.25) is 0 Å². The molecule has 1 aromatic carbocycles. The van der Waals surface area contributed by atoms with E-state index in [0.29, 0.717) is 5.41 Å². The van der Waals surface area contributed by atoms with Gasteiger partial charge in [0, 0.05) is 6.54 Å². The third-order valence-electron chi connectivity index (χ3n) is 4.23. The van der Waals surface area contributed by atoms with Gasteiger partial charge in [-0.25, -0.2) is 0 Å². The second-order valence-electron chi connectivity index (χ2n) is 6.62. The average molecular weight is 276 g/mol. The van der Waals surface area contributed by atoms with Gasteiger partial charge in [-0.2, -0.15) is 0 Å². The Hall–Kier alpha value is -0.860. The lowest BCUT2D eigenvalue weighted by Gasteiger charge is -2.24. The maximum Gasteiger partial charge on any atom is 0.0236 e. The fraction of sp³-hybridized carbons (Fsp3) is 0.667. The summed E-state index contributed by atoms with van der Waals surface area (Å²) in [6.07, 6.45) is 3.77. The smallest absolute Gasteiger partial charge is 0.0236 e. The van der Waals surface area contributed by atoms with E-state index in [2.05, 4.69) is 56.9 Å². The van der Waals surface area contributed by atoms with Gasteiger partial charge in [0.1, 0.15) is 0 Å². The van der Waals surface area contributed by atoms with Gasteiger partial charge in [0.05, 0.1) is 0 Å². The molecular weight excluding hydrogens is 244 g/mol. The molecule has 2 N–H and O–H groups in total. The van der Waals surface area contributed by atoms with Crippen LogP contribution in [0.1, 0.15) is 51.2 Å². The molecule has 20 heavy (non-hydrogen) atoms. The number of benzene rings is 1. The highest BCUT2D eigenvalue weighted by molar-refractivity contribution is 5.25. The molecule has 0 amide bonds. The van der Waals surface area contributed by atoms with E-state index in [9.17, 15) is 0 Å². The Morgan fingerprint density at radius 2 is 1.85 bits per heavy atom. The largest absolute Gasteiger partial charge is 0.330 e. The van der Waals surface area contributed by atoms with Gasteiger partial charge < -0.3 is 5.73 Å². The van der Waals surface area contributed by atoms with E-state index in [1.54, 1.807) is 0 Å². The van der Waals surface area contributed by atoms with Gasteiger partial charge in [0.2, 0.25) is 0 Å². The Balaban J connectivity index is 2.35.